The first-order valence-electron chi connectivity index (χ1n) is 8.02. The third-order valence-corrected chi connectivity index (χ3v) is 3.63. The average molecular weight is 372 g/mol. The number of hydrogen-bond acceptors (Lipinski definition) is 5. The minimum atomic E-state index is -0.380. The maximum atomic E-state index is 12.1. The molecule has 0 bridgehead atoms. The summed E-state index contributed by atoms with van der Waals surface area (Å²) in [6.07, 6.45) is 0.202. The first-order valence-corrected chi connectivity index (χ1v) is 8.43. The average Bonchev–Trinajstić information content (AvgIpc) is 2.63. The van der Waals surface area contributed by atoms with E-state index in [2.05, 4.69) is 10.6 Å². The number of amides is 1. The Labute approximate surface area is 157 Å². The number of hydrogen-bond donors (Lipinski definition) is 2. The van der Waals surface area contributed by atoms with Gasteiger partial charge in [-0.05, 0) is 61.1 Å². The lowest BCUT2D eigenvalue weighted by molar-refractivity contribution is -0.119. The number of nitrogens with one attached hydrogen (secondary N) is 2. The van der Waals surface area contributed by atoms with Gasteiger partial charge >= 0.3 is 5.97 Å². The first-order chi connectivity index (χ1) is 12.5. The maximum absolute atomic E-state index is 12.1. The highest BCUT2D eigenvalue weighted by molar-refractivity contribution is 7.80. The molecule has 1 amide bonds. The Bertz CT molecular complexity index is 773. The molecule has 2 aromatic rings. The third-order valence-electron chi connectivity index (χ3n) is 3.43. The van der Waals surface area contributed by atoms with Gasteiger partial charge in [-0.1, -0.05) is 12.1 Å². The number of thiocarbonyl (C=S) groups is 1. The van der Waals surface area contributed by atoms with Gasteiger partial charge in [0.1, 0.15) is 5.75 Å². The molecule has 0 unspecified atom stereocenters. The first kappa shape index (κ1) is 19.4. The van der Waals surface area contributed by atoms with E-state index in [9.17, 15) is 9.59 Å². The van der Waals surface area contributed by atoms with Crippen LogP contribution in [0.25, 0.3) is 0 Å². The maximum Gasteiger partial charge on any atom is 0.338 e. The summed E-state index contributed by atoms with van der Waals surface area (Å²) in [4.78, 5) is 23.7. The summed E-state index contributed by atoms with van der Waals surface area (Å²) < 4.78 is 10.0. The fourth-order valence-electron chi connectivity index (χ4n) is 2.17. The van der Waals surface area contributed by atoms with Crippen LogP contribution in [0.1, 0.15) is 22.8 Å². The van der Waals surface area contributed by atoms with Crippen molar-refractivity contribution >= 4 is 34.9 Å². The zero-order chi connectivity index (χ0) is 18.9. The fraction of sp³-hybridized carbons (Fsp3) is 0.211. The Morgan fingerprint density at radius 3 is 2.27 bits per heavy atom. The molecule has 2 rings (SSSR count). The minimum absolute atomic E-state index is 0.187. The van der Waals surface area contributed by atoms with E-state index in [1.807, 2.05) is 12.1 Å². The molecule has 26 heavy (non-hydrogen) atoms. The summed E-state index contributed by atoms with van der Waals surface area (Å²) in [6, 6.07) is 13.9. The molecule has 0 aliphatic heterocycles. The molecule has 0 saturated heterocycles. The van der Waals surface area contributed by atoms with Crippen LogP contribution in [0, 0.1) is 0 Å². The molecule has 2 aromatic carbocycles. The zero-order valence-electron chi connectivity index (χ0n) is 14.6. The molecule has 2 N–H and O–H groups in total. The Balaban J connectivity index is 1.85. The van der Waals surface area contributed by atoms with Gasteiger partial charge in [0.05, 0.1) is 25.7 Å². The molecule has 0 atom stereocenters. The molecule has 0 spiro atoms. The van der Waals surface area contributed by atoms with E-state index in [0.29, 0.717) is 17.9 Å². The number of rotatable bonds is 6. The van der Waals surface area contributed by atoms with Crippen LogP contribution in [-0.2, 0) is 16.0 Å². The van der Waals surface area contributed by atoms with Crippen molar-refractivity contribution in [1.82, 2.24) is 5.32 Å². The van der Waals surface area contributed by atoms with Crippen LogP contribution in [0.2, 0.25) is 0 Å². The van der Waals surface area contributed by atoms with Crippen LogP contribution in [0.15, 0.2) is 48.5 Å². The highest BCUT2D eigenvalue weighted by Gasteiger charge is 2.08. The predicted octanol–water partition coefficient (Wildman–Crippen LogP) is 2.93. The number of anilines is 1. The third kappa shape index (κ3) is 5.86. The molecule has 0 saturated carbocycles. The van der Waals surface area contributed by atoms with Gasteiger partial charge in [0, 0.05) is 5.69 Å². The molecular formula is C19H20N2O4S. The summed E-state index contributed by atoms with van der Waals surface area (Å²) >= 11 is 5.14. The van der Waals surface area contributed by atoms with E-state index in [1.165, 1.54) is 0 Å². The van der Waals surface area contributed by atoms with E-state index in [1.54, 1.807) is 50.4 Å². The monoisotopic (exact) mass is 372 g/mol. The van der Waals surface area contributed by atoms with Gasteiger partial charge in [0.25, 0.3) is 0 Å². The molecule has 0 aliphatic carbocycles. The van der Waals surface area contributed by atoms with E-state index in [4.69, 9.17) is 21.7 Å². The lowest BCUT2D eigenvalue weighted by atomic mass is 10.1. The summed E-state index contributed by atoms with van der Waals surface area (Å²) in [5.41, 5.74) is 1.96. The molecule has 0 radical (unpaired) electrons. The molecule has 0 aromatic heterocycles. The topological polar surface area (TPSA) is 76.7 Å². The van der Waals surface area contributed by atoms with Crippen LogP contribution >= 0.6 is 12.2 Å². The van der Waals surface area contributed by atoms with Gasteiger partial charge in [0.2, 0.25) is 5.91 Å². The van der Waals surface area contributed by atoms with Crippen LogP contribution in [0.4, 0.5) is 5.69 Å². The van der Waals surface area contributed by atoms with E-state index in [-0.39, 0.29) is 23.4 Å². The molecule has 0 aliphatic rings. The molecular weight excluding hydrogens is 352 g/mol. The van der Waals surface area contributed by atoms with Crippen molar-refractivity contribution in [2.75, 3.05) is 19.0 Å². The SMILES string of the molecule is CCOC(=O)c1ccc(NC(=S)NC(=O)Cc2ccc(OC)cc2)cc1. The Morgan fingerprint density at radius 1 is 1.04 bits per heavy atom. The van der Waals surface area contributed by atoms with Crippen LogP contribution in [0.5, 0.6) is 5.75 Å². The number of methoxy groups -OCH3 is 1. The van der Waals surface area contributed by atoms with Crippen molar-refractivity contribution in [2.24, 2.45) is 0 Å². The summed E-state index contributed by atoms with van der Waals surface area (Å²) in [5, 5.41) is 5.71. The lowest BCUT2D eigenvalue weighted by Gasteiger charge is -2.10. The second-order valence-electron chi connectivity index (χ2n) is 5.32. The lowest BCUT2D eigenvalue weighted by Crippen LogP contribution is -2.35. The normalized spacial score (nSPS) is 9.92. The molecule has 136 valence electrons. The van der Waals surface area contributed by atoms with Gasteiger partial charge in [-0.2, -0.15) is 0 Å². The quantitative estimate of drug-likeness (QED) is 0.600. The molecule has 0 fully saturated rings. The number of carbonyl (C=O) groups excluding carboxylic acids is 2. The Morgan fingerprint density at radius 2 is 1.69 bits per heavy atom. The van der Waals surface area contributed by atoms with Crippen molar-refractivity contribution in [3.8, 4) is 5.75 Å². The number of benzene rings is 2. The van der Waals surface area contributed by atoms with E-state index < -0.39 is 0 Å². The number of esters is 1. The van der Waals surface area contributed by atoms with Crippen molar-refractivity contribution in [1.29, 1.82) is 0 Å². The highest BCUT2D eigenvalue weighted by atomic mass is 32.1. The summed E-state index contributed by atoms with van der Waals surface area (Å²) in [5.74, 6) is 0.128. The summed E-state index contributed by atoms with van der Waals surface area (Å²) in [7, 11) is 1.59. The van der Waals surface area contributed by atoms with Crippen molar-refractivity contribution in [2.45, 2.75) is 13.3 Å². The number of carbonyl (C=O) groups is 2. The van der Waals surface area contributed by atoms with Crippen molar-refractivity contribution < 1.29 is 19.1 Å². The van der Waals surface area contributed by atoms with Crippen molar-refractivity contribution in [3.63, 3.8) is 0 Å². The van der Waals surface area contributed by atoms with Crippen LogP contribution in [0.3, 0.4) is 0 Å². The second kappa shape index (κ2) is 9.53. The number of ether oxygens (including phenoxy) is 2. The zero-order valence-corrected chi connectivity index (χ0v) is 15.4. The second-order valence-corrected chi connectivity index (χ2v) is 5.73. The fourth-order valence-corrected chi connectivity index (χ4v) is 2.40. The van der Waals surface area contributed by atoms with Gasteiger partial charge < -0.3 is 20.1 Å². The van der Waals surface area contributed by atoms with Crippen molar-refractivity contribution in [3.05, 3.63) is 59.7 Å². The van der Waals surface area contributed by atoms with Gasteiger partial charge in [0.15, 0.2) is 5.11 Å². The van der Waals surface area contributed by atoms with Gasteiger partial charge in [-0.3, -0.25) is 4.79 Å². The van der Waals surface area contributed by atoms with E-state index >= 15 is 0 Å². The smallest absolute Gasteiger partial charge is 0.338 e. The standard InChI is InChI=1S/C19H20N2O4S/c1-3-25-18(23)14-6-8-15(9-7-14)20-19(26)21-17(22)12-13-4-10-16(24-2)11-5-13/h4-11H,3,12H2,1-2H3,(H2,20,21,22,26). The summed E-state index contributed by atoms with van der Waals surface area (Å²) in [6.45, 7) is 2.07. The molecule has 6 nitrogen and oxygen atoms in total. The molecule has 0 heterocycles. The van der Waals surface area contributed by atoms with Gasteiger partial charge in [-0.15, -0.1) is 0 Å². The Hall–Kier alpha value is -2.93. The largest absolute Gasteiger partial charge is 0.497 e. The molecule has 7 heteroatoms. The van der Waals surface area contributed by atoms with Crippen LogP contribution in [-0.4, -0.2) is 30.7 Å². The van der Waals surface area contributed by atoms with Gasteiger partial charge in [-0.25, -0.2) is 4.79 Å². The predicted molar refractivity (Wildman–Crippen MR) is 103 cm³/mol. The van der Waals surface area contributed by atoms with E-state index in [0.717, 1.165) is 11.3 Å². The highest BCUT2D eigenvalue weighted by Crippen LogP contribution is 2.12. The Kier molecular flexibility index (Phi) is 7.11. The minimum Gasteiger partial charge on any atom is -0.497 e. The van der Waals surface area contributed by atoms with Crippen LogP contribution < -0.4 is 15.4 Å².